The number of ether oxygens (including phenoxy) is 1. The van der Waals surface area contributed by atoms with E-state index in [4.69, 9.17) is 4.74 Å². The van der Waals surface area contributed by atoms with Crippen LogP contribution in [0.1, 0.15) is 22.8 Å². The maximum absolute atomic E-state index is 13.3. The Hall–Kier alpha value is -2.16. The summed E-state index contributed by atoms with van der Waals surface area (Å²) in [6.07, 6.45) is 0. The summed E-state index contributed by atoms with van der Waals surface area (Å²) >= 11 is 0. The number of Topliss-reactive ketones (excluding diaryl/α,β-unsaturated/α-hetero) is 1. The molecule has 3 rings (SSSR count). The van der Waals surface area contributed by atoms with Crippen molar-refractivity contribution >= 4 is 5.78 Å². The van der Waals surface area contributed by atoms with Crippen LogP contribution in [-0.2, 0) is 5.41 Å². The number of carbonyl (C=O) groups excluding carboxylic acids is 1. The highest BCUT2D eigenvalue weighted by atomic mass is 19.1. The molecule has 0 amide bonds. The van der Waals surface area contributed by atoms with Crippen molar-refractivity contribution in [1.29, 1.82) is 0 Å². The molecule has 96 valence electrons. The lowest BCUT2D eigenvalue weighted by Crippen LogP contribution is -2.42. The fraction of sp³-hybridized carbons (Fsp3) is 0.188. The lowest BCUT2D eigenvalue weighted by Gasteiger charge is -2.33. The van der Waals surface area contributed by atoms with Crippen molar-refractivity contribution in [3.63, 3.8) is 0 Å². The molecule has 0 saturated heterocycles. The molecule has 2 aromatic carbocycles. The van der Waals surface area contributed by atoms with E-state index in [1.807, 2.05) is 37.3 Å². The first kappa shape index (κ1) is 11.9. The van der Waals surface area contributed by atoms with E-state index >= 15 is 0 Å². The standard InChI is InChI=1S/C16H13FO2/c1-16(11-5-3-2-4-6-11)10-19-14-8-7-12(17)9-13(14)15(16)18/h2-9H,10H2,1H3/t16-/m1/s1. The van der Waals surface area contributed by atoms with Crippen molar-refractivity contribution in [2.45, 2.75) is 12.3 Å². The summed E-state index contributed by atoms with van der Waals surface area (Å²) in [5, 5.41) is 0. The van der Waals surface area contributed by atoms with E-state index in [2.05, 4.69) is 0 Å². The molecule has 3 heteroatoms. The monoisotopic (exact) mass is 256 g/mol. The first-order chi connectivity index (χ1) is 9.11. The van der Waals surface area contributed by atoms with Crippen LogP contribution in [0.4, 0.5) is 4.39 Å². The molecule has 0 spiro atoms. The van der Waals surface area contributed by atoms with E-state index < -0.39 is 11.2 Å². The van der Waals surface area contributed by atoms with Crippen LogP contribution in [0.25, 0.3) is 0 Å². The van der Waals surface area contributed by atoms with Crippen LogP contribution in [0.15, 0.2) is 48.5 Å². The second-order valence-corrected chi connectivity index (χ2v) is 4.96. The minimum absolute atomic E-state index is 0.0977. The molecule has 0 bridgehead atoms. The van der Waals surface area contributed by atoms with Gasteiger partial charge in [-0.15, -0.1) is 0 Å². The van der Waals surface area contributed by atoms with Crippen molar-refractivity contribution in [2.75, 3.05) is 6.61 Å². The molecule has 0 N–H and O–H groups in total. The molecule has 2 nitrogen and oxygen atoms in total. The number of carbonyl (C=O) groups is 1. The molecular weight excluding hydrogens is 243 g/mol. The average molecular weight is 256 g/mol. The smallest absolute Gasteiger partial charge is 0.180 e. The number of fused-ring (bicyclic) bond motifs is 1. The molecule has 0 aromatic heterocycles. The third kappa shape index (κ3) is 1.82. The molecule has 0 radical (unpaired) electrons. The molecule has 2 aromatic rings. The van der Waals surface area contributed by atoms with E-state index in [-0.39, 0.29) is 12.4 Å². The van der Waals surface area contributed by atoms with Crippen LogP contribution in [0.2, 0.25) is 0 Å². The number of rotatable bonds is 1. The zero-order valence-electron chi connectivity index (χ0n) is 10.5. The second-order valence-electron chi connectivity index (χ2n) is 4.96. The summed E-state index contributed by atoms with van der Waals surface area (Å²) in [4.78, 5) is 12.6. The molecule has 0 fully saturated rings. The topological polar surface area (TPSA) is 26.3 Å². The van der Waals surface area contributed by atoms with Crippen LogP contribution < -0.4 is 4.74 Å². The third-order valence-electron chi connectivity index (χ3n) is 3.61. The first-order valence-electron chi connectivity index (χ1n) is 6.14. The van der Waals surface area contributed by atoms with Crippen LogP contribution in [0.5, 0.6) is 5.75 Å². The Morgan fingerprint density at radius 1 is 1.16 bits per heavy atom. The Kier molecular flexibility index (Phi) is 2.63. The Morgan fingerprint density at radius 3 is 2.63 bits per heavy atom. The largest absolute Gasteiger partial charge is 0.491 e. The van der Waals surface area contributed by atoms with Gasteiger partial charge in [0.15, 0.2) is 5.78 Å². The van der Waals surface area contributed by atoms with Crippen molar-refractivity contribution in [1.82, 2.24) is 0 Å². The van der Waals surface area contributed by atoms with E-state index in [0.29, 0.717) is 11.3 Å². The maximum Gasteiger partial charge on any atom is 0.180 e. The van der Waals surface area contributed by atoms with Gasteiger partial charge in [0.1, 0.15) is 18.2 Å². The second kappa shape index (κ2) is 4.19. The molecule has 0 unspecified atom stereocenters. The summed E-state index contributed by atoms with van der Waals surface area (Å²) in [5.41, 5.74) is 0.440. The van der Waals surface area contributed by atoms with Gasteiger partial charge in [0.05, 0.1) is 11.0 Å². The van der Waals surface area contributed by atoms with Gasteiger partial charge in [-0.1, -0.05) is 30.3 Å². The maximum atomic E-state index is 13.3. The zero-order chi connectivity index (χ0) is 13.5. The molecule has 0 aliphatic carbocycles. The molecule has 1 aliphatic heterocycles. The van der Waals surface area contributed by atoms with Crippen LogP contribution in [0.3, 0.4) is 0 Å². The zero-order valence-corrected chi connectivity index (χ0v) is 10.5. The molecular formula is C16H13FO2. The number of benzene rings is 2. The van der Waals surface area contributed by atoms with Crippen LogP contribution in [0, 0.1) is 5.82 Å². The normalized spacial score (nSPS) is 21.7. The Morgan fingerprint density at radius 2 is 1.89 bits per heavy atom. The van der Waals surface area contributed by atoms with E-state index in [9.17, 15) is 9.18 Å². The van der Waals surface area contributed by atoms with Crippen LogP contribution >= 0.6 is 0 Å². The van der Waals surface area contributed by atoms with Crippen molar-refractivity contribution < 1.29 is 13.9 Å². The highest BCUT2D eigenvalue weighted by Gasteiger charge is 2.41. The Labute approximate surface area is 110 Å². The highest BCUT2D eigenvalue weighted by molar-refractivity contribution is 6.06. The number of halogens is 1. The van der Waals surface area contributed by atoms with Gasteiger partial charge in [-0.25, -0.2) is 4.39 Å². The lowest BCUT2D eigenvalue weighted by molar-refractivity contribution is 0.0791. The number of hydrogen-bond donors (Lipinski definition) is 0. The van der Waals surface area contributed by atoms with Crippen molar-refractivity contribution in [2.24, 2.45) is 0 Å². The lowest BCUT2D eigenvalue weighted by atomic mass is 9.75. The predicted molar refractivity (Wildman–Crippen MR) is 70.0 cm³/mol. The van der Waals surface area contributed by atoms with Gasteiger partial charge in [-0.2, -0.15) is 0 Å². The number of ketones is 1. The summed E-state index contributed by atoms with van der Waals surface area (Å²) < 4.78 is 18.9. The molecule has 1 atom stereocenters. The quantitative estimate of drug-likeness (QED) is 0.782. The van der Waals surface area contributed by atoms with Gasteiger partial charge in [0, 0.05) is 0 Å². The van der Waals surface area contributed by atoms with Crippen LogP contribution in [-0.4, -0.2) is 12.4 Å². The van der Waals surface area contributed by atoms with E-state index in [1.165, 1.54) is 18.2 Å². The minimum atomic E-state index is -0.762. The van der Waals surface area contributed by atoms with E-state index in [0.717, 1.165) is 5.56 Å². The molecule has 1 heterocycles. The minimum Gasteiger partial charge on any atom is -0.491 e. The molecule has 19 heavy (non-hydrogen) atoms. The van der Waals surface area contributed by atoms with Gasteiger partial charge in [-0.3, -0.25) is 4.79 Å². The predicted octanol–water partition coefficient (Wildman–Crippen LogP) is 3.36. The summed E-state index contributed by atoms with van der Waals surface area (Å²) in [6, 6.07) is 13.5. The third-order valence-corrected chi connectivity index (χ3v) is 3.61. The number of hydrogen-bond acceptors (Lipinski definition) is 2. The average Bonchev–Trinajstić information content (AvgIpc) is 2.45. The first-order valence-corrected chi connectivity index (χ1v) is 6.14. The Balaban J connectivity index is 2.11. The van der Waals surface area contributed by atoms with Gasteiger partial charge in [0.25, 0.3) is 0 Å². The summed E-state index contributed by atoms with van der Waals surface area (Å²) in [5.74, 6) is -0.0627. The fourth-order valence-corrected chi connectivity index (χ4v) is 2.41. The summed E-state index contributed by atoms with van der Waals surface area (Å²) in [7, 11) is 0. The fourth-order valence-electron chi connectivity index (χ4n) is 2.41. The van der Waals surface area contributed by atoms with Gasteiger partial charge in [-0.05, 0) is 30.7 Å². The molecule has 0 saturated carbocycles. The van der Waals surface area contributed by atoms with Gasteiger partial charge >= 0.3 is 0 Å². The summed E-state index contributed by atoms with van der Waals surface area (Å²) in [6.45, 7) is 2.10. The Bertz CT molecular complexity index is 636. The molecule has 1 aliphatic rings. The van der Waals surface area contributed by atoms with Crippen molar-refractivity contribution in [3.8, 4) is 5.75 Å². The van der Waals surface area contributed by atoms with Gasteiger partial charge in [0.2, 0.25) is 0 Å². The van der Waals surface area contributed by atoms with Crippen molar-refractivity contribution in [3.05, 3.63) is 65.5 Å². The highest BCUT2D eigenvalue weighted by Crippen LogP contribution is 2.37. The van der Waals surface area contributed by atoms with E-state index in [1.54, 1.807) is 0 Å². The SMILES string of the molecule is C[C@]1(c2ccccc2)COc2ccc(F)cc2C1=O. The van der Waals surface area contributed by atoms with Gasteiger partial charge < -0.3 is 4.74 Å².